The summed E-state index contributed by atoms with van der Waals surface area (Å²) >= 11 is 0. The summed E-state index contributed by atoms with van der Waals surface area (Å²) in [5.41, 5.74) is 4.45. The van der Waals surface area contributed by atoms with E-state index in [4.69, 9.17) is 0 Å². The quantitative estimate of drug-likeness (QED) is 0.511. The summed E-state index contributed by atoms with van der Waals surface area (Å²) in [4.78, 5) is 0. The maximum atomic E-state index is 10.1. The van der Waals surface area contributed by atoms with Gasteiger partial charge in [0.25, 0.3) is 0 Å². The molecule has 0 aliphatic heterocycles. The first-order valence-electron chi connectivity index (χ1n) is 11.8. The Balaban J connectivity index is 1.73. The summed E-state index contributed by atoms with van der Waals surface area (Å²) in [7, 11) is 0. The highest BCUT2D eigenvalue weighted by Crippen LogP contribution is 2.59. The zero-order valence-corrected chi connectivity index (χ0v) is 19.5. The topological polar surface area (TPSA) is 60.7 Å². The summed E-state index contributed by atoms with van der Waals surface area (Å²) in [5.74, 6) is 1.25. The van der Waals surface area contributed by atoms with E-state index in [1.54, 1.807) is 5.57 Å². The van der Waals surface area contributed by atoms with Gasteiger partial charge in [0.2, 0.25) is 0 Å². The summed E-state index contributed by atoms with van der Waals surface area (Å²) < 4.78 is 0. The van der Waals surface area contributed by atoms with Gasteiger partial charge in [0.1, 0.15) is 0 Å². The molecule has 5 unspecified atom stereocenters. The van der Waals surface area contributed by atoms with Crippen molar-refractivity contribution in [1.29, 1.82) is 0 Å². The van der Waals surface area contributed by atoms with Gasteiger partial charge in [0.05, 0.1) is 17.8 Å². The monoisotopic (exact) mass is 414 g/mol. The summed E-state index contributed by atoms with van der Waals surface area (Å²) in [6.07, 6.45) is 14.7. The molecule has 3 rings (SSSR count). The van der Waals surface area contributed by atoms with E-state index in [2.05, 4.69) is 38.7 Å². The maximum Gasteiger partial charge on any atom is 0.0809 e. The Morgan fingerprint density at radius 2 is 1.83 bits per heavy atom. The van der Waals surface area contributed by atoms with Gasteiger partial charge < -0.3 is 15.3 Å². The molecule has 0 aromatic heterocycles. The van der Waals surface area contributed by atoms with E-state index in [9.17, 15) is 15.3 Å². The Morgan fingerprint density at radius 1 is 1.17 bits per heavy atom. The lowest BCUT2D eigenvalue weighted by atomic mass is 9.62. The van der Waals surface area contributed by atoms with E-state index in [1.165, 1.54) is 31.3 Å². The van der Waals surface area contributed by atoms with Crippen LogP contribution in [-0.4, -0.2) is 33.1 Å². The molecule has 0 aromatic carbocycles. The molecule has 168 valence electrons. The van der Waals surface area contributed by atoms with E-state index in [0.717, 1.165) is 24.8 Å². The van der Waals surface area contributed by atoms with Crippen molar-refractivity contribution in [3.63, 3.8) is 0 Å². The molecule has 3 saturated carbocycles. The molecule has 5 atom stereocenters. The van der Waals surface area contributed by atoms with Crippen molar-refractivity contribution in [2.24, 2.45) is 17.3 Å². The predicted molar refractivity (Wildman–Crippen MR) is 124 cm³/mol. The molecule has 0 aromatic rings. The van der Waals surface area contributed by atoms with Crippen LogP contribution < -0.4 is 0 Å². The number of allylic oxidation sites excluding steroid dienone is 5. The minimum atomic E-state index is -0.623. The van der Waals surface area contributed by atoms with Gasteiger partial charge in [-0.2, -0.15) is 0 Å². The van der Waals surface area contributed by atoms with Gasteiger partial charge in [-0.3, -0.25) is 0 Å². The van der Waals surface area contributed by atoms with E-state index in [-0.39, 0.29) is 0 Å². The second kappa shape index (κ2) is 9.14. The third-order valence-electron chi connectivity index (χ3n) is 8.04. The van der Waals surface area contributed by atoms with Crippen LogP contribution in [0.1, 0.15) is 85.5 Å². The molecule has 0 spiro atoms. The standard InChI is InChI=1S/C27H42O3/c1-18(8-6-14-26(3,4)30)22-12-13-23-21(9-7-15-27(22,23)5)11-10-20-16-24(28)19(2)25(29)17-20/h8,10-11,22-25,28-30H,2,6-7,9,12-17H2,1,3-5H3. The van der Waals surface area contributed by atoms with Gasteiger partial charge >= 0.3 is 0 Å². The summed E-state index contributed by atoms with van der Waals surface area (Å²) in [5, 5.41) is 30.2. The fourth-order valence-electron chi connectivity index (χ4n) is 6.21. The third-order valence-corrected chi connectivity index (χ3v) is 8.04. The largest absolute Gasteiger partial charge is 0.390 e. The number of hydrogen-bond donors (Lipinski definition) is 3. The lowest BCUT2D eigenvalue weighted by Gasteiger charge is -2.43. The minimum absolute atomic E-state index is 0.317. The average Bonchev–Trinajstić information content (AvgIpc) is 3.00. The highest BCUT2D eigenvalue weighted by Gasteiger charge is 2.49. The van der Waals surface area contributed by atoms with E-state index in [0.29, 0.717) is 35.7 Å². The number of aliphatic hydroxyl groups is 3. The van der Waals surface area contributed by atoms with Crippen molar-refractivity contribution in [2.75, 3.05) is 0 Å². The smallest absolute Gasteiger partial charge is 0.0809 e. The van der Waals surface area contributed by atoms with Gasteiger partial charge in [-0.25, -0.2) is 0 Å². The molecule has 3 N–H and O–H groups in total. The van der Waals surface area contributed by atoms with Crippen molar-refractivity contribution in [2.45, 2.75) is 103 Å². The molecule has 0 saturated heterocycles. The number of fused-ring (bicyclic) bond motifs is 1. The first-order chi connectivity index (χ1) is 14.0. The zero-order valence-electron chi connectivity index (χ0n) is 19.5. The van der Waals surface area contributed by atoms with Gasteiger partial charge in [-0.15, -0.1) is 0 Å². The van der Waals surface area contributed by atoms with Crippen LogP contribution in [0.25, 0.3) is 0 Å². The Kier molecular flexibility index (Phi) is 7.16. The maximum absolute atomic E-state index is 10.1. The van der Waals surface area contributed by atoms with Gasteiger partial charge in [0, 0.05) is 0 Å². The molecule has 3 nitrogen and oxygen atoms in total. The molecule has 0 amide bonds. The highest BCUT2D eigenvalue weighted by molar-refractivity contribution is 5.30. The molecule has 3 aliphatic carbocycles. The summed E-state index contributed by atoms with van der Waals surface area (Å²) in [6.45, 7) is 12.4. The SMILES string of the molecule is C=C1C(O)CC(=CC=C2CCCC3(C)C(C(C)=CCCC(C)(C)O)CCC23)CC1O. The first kappa shape index (κ1) is 23.5. The molecule has 3 aliphatic rings. The van der Waals surface area contributed by atoms with Crippen molar-refractivity contribution in [1.82, 2.24) is 0 Å². The Bertz CT molecular complexity index is 720. The number of aliphatic hydroxyl groups excluding tert-OH is 2. The Labute approximate surface area is 183 Å². The van der Waals surface area contributed by atoms with Crippen LogP contribution in [0.5, 0.6) is 0 Å². The first-order valence-corrected chi connectivity index (χ1v) is 11.8. The summed E-state index contributed by atoms with van der Waals surface area (Å²) in [6, 6.07) is 0. The molecule has 0 heterocycles. The number of hydrogen-bond acceptors (Lipinski definition) is 3. The van der Waals surface area contributed by atoms with Gasteiger partial charge in [0.15, 0.2) is 0 Å². The molecule has 0 radical (unpaired) electrons. The van der Waals surface area contributed by atoms with Crippen LogP contribution in [0.15, 0.2) is 47.1 Å². The molecular weight excluding hydrogens is 372 g/mol. The van der Waals surface area contributed by atoms with Crippen LogP contribution in [-0.2, 0) is 0 Å². The lowest BCUT2D eigenvalue weighted by Crippen LogP contribution is -2.33. The van der Waals surface area contributed by atoms with Crippen LogP contribution in [0.2, 0.25) is 0 Å². The van der Waals surface area contributed by atoms with Crippen LogP contribution in [0.4, 0.5) is 0 Å². The van der Waals surface area contributed by atoms with Crippen molar-refractivity contribution in [3.8, 4) is 0 Å². The van der Waals surface area contributed by atoms with Crippen molar-refractivity contribution < 1.29 is 15.3 Å². The third kappa shape index (κ3) is 5.18. The van der Waals surface area contributed by atoms with Crippen LogP contribution in [0, 0.1) is 17.3 Å². The van der Waals surface area contributed by atoms with E-state index in [1.807, 2.05) is 13.8 Å². The van der Waals surface area contributed by atoms with Gasteiger partial charge in [-0.1, -0.05) is 48.5 Å². The molecule has 3 heteroatoms. The normalized spacial score (nSPS) is 36.9. The fourth-order valence-corrected chi connectivity index (χ4v) is 6.21. The Hall–Kier alpha value is -1.16. The molecule has 3 fully saturated rings. The Morgan fingerprint density at radius 3 is 2.47 bits per heavy atom. The predicted octanol–water partition coefficient (Wildman–Crippen LogP) is 5.62. The second-order valence-electron chi connectivity index (χ2n) is 10.9. The van der Waals surface area contributed by atoms with E-state index >= 15 is 0 Å². The van der Waals surface area contributed by atoms with Crippen LogP contribution >= 0.6 is 0 Å². The van der Waals surface area contributed by atoms with Crippen molar-refractivity contribution >= 4 is 0 Å². The average molecular weight is 415 g/mol. The fraction of sp³-hybridized carbons (Fsp3) is 0.704. The second-order valence-corrected chi connectivity index (χ2v) is 10.9. The van der Waals surface area contributed by atoms with Gasteiger partial charge in [-0.05, 0) is 101 Å². The van der Waals surface area contributed by atoms with Crippen molar-refractivity contribution in [3.05, 3.63) is 47.1 Å². The zero-order chi connectivity index (χ0) is 22.1. The van der Waals surface area contributed by atoms with Crippen LogP contribution in [0.3, 0.4) is 0 Å². The molecule has 30 heavy (non-hydrogen) atoms. The van der Waals surface area contributed by atoms with E-state index < -0.39 is 17.8 Å². The highest BCUT2D eigenvalue weighted by atomic mass is 16.3. The lowest BCUT2D eigenvalue weighted by molar-refractivity contribution is 0.0720. The number of rotatable bonds is 5. The minimum Gasteiger partial charge on any atom is -0.390 e. The molecular formula is C27H42O3. The molecule has 0 bridgehead atoms.